The predicted octanol–water partition coefficient (Wildman–Crippen LogP) is -2.62. The minimum Gasteiger partial charge on any atom is -0.473 e. The Bertz CT molecular complexity index is 432. The van der Waals surface area contributed by atoms with Crippen molar-refractivity contribution in [3.8, 4) is 5.88 Å². The number of rotatable bonds is 4. The van der Waals surface area contributed by atoms with Gasteiger partial charge in [-0.25, -0.2) is 4.79 Å². The molecule has 1 heterocycles. The Balaban J connectivity index is 2.94. The van der Waals surface area contributed by atoms with Gasteiger partial charge in [0.1, 0.15) is 18.4 Å². The maximum atomic E-state index is 11.0. The highest BCUT2D eigenvalue weighted by atomic mass is 16.5. The summed E-state index contributed by atoms with van der Waals surface area (Å²) in [5.74, 6) is -0.714. The Morgan fingerprint density at radius 2 is 2.12 bits per heavy atom. The van der Waals surface area contributed by atoms with Gasteiger partial charge in [0.15, 0.2) is 5.82 Å². The SMILES string of the molecule is Nc1c(OCC(O)CO)nc(=O)n(O)c1N. The molecule has 0 spiro atoms. The van der Waals surface area contributed by atoms with E-state index in [2.05, 4.69) is 4.98 Å². The van der Waals surface area contributed by atoms with Crippen LogP contribution in [0, 0.1) is 0 Å². The summed E-state index contributed by atoms with van der Waals surface area (Å²) in [6, 6.07) is 0. The van der Waals surface area contributed by atoms with E-state index in [0.717, 1.165) is 0 Å². The Hall–Kier alpha value is -2.00. The molecular weight excluding hydrogens is 220 g/mol. The highest BCUT2D eigenvalue weighted by Gasteiger charge is 2.14. The van der Waals surface area contributed by atoms with Gasteiger partial charge >= 0.3 is 5.69 Å². The van der Waals surface area contributed by atoms with E-state index in [4.69, 9.17) is 31.6 Å². The van der Waals surface area contributed by atoms with Crippen LogP contribution < -0.4 is 21.9 Å². The smallest absolute Gasteiger partial charge is 0.385 e. The molecule has 1 rings (SSSR count). The first-order chi connectivity index (χ1) is 7.47. The van der Waals surface area contributed by atoms with Crippen LogP contribution in [0.15, 0.2) is 4.79 Å². The van der Waals surface area contributed by atoms with E-state index in [1.165, 1.54) is 0 Å². The number of anilines is 2. The normalized spacial score (nSPS) is 12.4. The average molecular weight is 232 g/mol. The van der Waals surface area contributed by atoms with Crippen LogP contribution in [-0.4, -0.2) is 44.5 Å². The predicted molar refractivity (Wildman–Crippen MR) is 53.1 cm³/mol. The van der Waals surface area contributed by atoms with Gasteiger partial charge in [0, 0.05) is 0 Å². The molecule has 9 heteroatoms. The molecule has 1 aromatic rings. The maximum Gasteiger partial charge on any atom is 0.385 e. The van der Waals surface area contributed by atoms with Crippen molar-refractivity contribution in [2.45, 2.75) is 6.10 Å². The molecule has 0 fully saturated rings. The molecule has 0 amide bonds. The van der Waals surface area contributed by atoms with Crippen LogP contribution in [0.2, 0.25) is 0 Å². The van der Waals surface area contributed by atoms with Crippen molar-refractivity contribution < 1.29 is 20.2 Å². The molecule has 0 aromatic carbocycles. The van der Waals surface area contributed by atoms with Crippen molar-refractivity contribution in [3.63, 3.8) is 0 Å². The summed E-state index contributed by atoms with van der Waals surface area (Å²) in [5.41, 5.74) is 9.40. The van der Waals surface area contributed by atoms with Crippen molar-refractivity contribution in [2.75, 3.05) is 24.7 Å². The van der Waals surface area contributed by atoms with E-state index in [1.54, 1.807) is 0 Å². The lowest BCUT2D eigenvalue weighted by molar-refractivity contribution is 0.0518. The average Bonchev–Trinajstić information content (AvgIpc) is 2.28. The number of nitrogen functional groups attached to an aromatic ring is 2. The molecule has 9 nitrogen and oxygen atoms in total. The van der Waals surface area contributed by atoms with Crippen molar-refractivity contribution in [2.24, 2.45) is 0 Å². The first kappa shape index (κ1) is 12.1. The Morgan fingerprint density at radius 3 is 2.69 bits per heavy atom. The van der Waals surface area contributed by atoms with Crippen molar-refractivity contribution in [1.82, 2.24) is 9.71 Å². The van der Waals surface area contributed by atoms with E-state index >= 15 is 0 Å². The van der Waals surface area contributed by atoms with Crippen LogP contribution in [0.25, 0.3) is 0 Å². The number of nitrogens with two attached hydrogens (primary N) is 2. The molecule has 0 aliphatic heterocycles. The summed E-state index contributed by atoms with van der Waals surface area (Å²) in [6.45, 7) is -0.811. The third-order valence-electron chi connectivity index (χ3n) is 1.74. The fraction of sp³-hybridized carbons (Fsp3) is 0.429. The first-order valence-corrected chi connectivity index (χ1v) is 4.26. The quantitative estimate of drug-likeness (QED) is 0.353. The van der Waals surface area contributed by atoms with Gasteiger partial charge in [0.2, 0.25) is 5.88 Å². The zero-order valence-electron chi connectivity index (χ0n) is 8.20. The van der Waals surface area contributed by atoms with Crippen molar-refractivity contribution in [1.29, 1.82) is 0 Å². The second-order valence-corrected chi connectivity index (χ2v) is 2.96. The monoisotopic (exact) mass is 232 g/mol. The van der Waals surface area contributed by atoms with Gasteiger partial charge in [0.05, 0.1) is 6.61 Å². The highest BCUT2D eigenvalue weighted by molar-refractivity contribution is 5.64. The molecule has 1 aromatic heterocycles. The standard InChI is InChI=1S/C7H12N4O5/c8-4-5(9)11(15)7(14)10-6(4)16-2-3(13)1-12/h3,12-13,15H,1-2,8-9H2. The molecule has 0 aliphatic rings. The van der Waals surface area contributed by atoms with Gasteiger partial charge in [-0.15, -0.1) is 4.73 Å². The summed E-state index contributed by atoms with van der Waals surface area (Å²) in [7, 11) is 0. The largest absolute Gasteiger partial charge is 0.473 e. The van der Waals surface area contributed by atoms with Gasteiger partial charge in [-0.3, -0.25) is 0 Å². The summed E-state index contributed by atoms with van der Waals surface area (Å²) < 4.78 is 4.93. The number of aliphatic hydroxyl groups excluding tert-OH is 2. The molecule has 0 bridgehead atoms. The lowest BCUT2D eigenvalue weighted by Crippen LogP contribution is -2.28. The molecule has 0 saturated carbocycles. The van der Waals surface area contributed by atoms with E-state index < -0.39 is 24.2 Å². The van der Waals surface area contributed by atoms with Gasteiger partial charge < -0.3 is 31.6 Å². The van der Waals surface area contributed by atoms with Crippen LogP contribution in [0.5, 0.6) is 5.88 Å². The van der Waals surface area contributed by atoms with E-state index in [-0.39, 0.29) is 22.9 Å². The zero-order valence-corrected chi connectivity index (χ0v) is 8.20. The van der Waals surface area contributed by atoms with Gasteiger partial charge in [-0.2, -0.15) is 4.98 Å². The Labute approximate surface area is 89.5 Å². The maximum absolute atomic E-state index is 11.0. The number of ether oxygens (including phenoxy) is 1. The lowest BCUT2D eigenvalue weighted by atomic mass is 10.4. The fourth-order valence-electron chi connectivity index (χ4n) is 0.859. The number of nitrogens with zero attached hydrogens (tertiary/aromatic N) is 2. The molecule has 0 saturated heterocycles. The van der Waals surface area contributed by atoms with Crippen LogP contribution in [0.1, 0.15) is 0 Å². The minimum absolute atomic E-state index is 0.0741. The minimum atomic E-state index is -1.13. The summed E-state index contributed by atoms with van der Waals surface area (Å²) >= 11 is 0. The summed E-state index contributed by atoms with van der Waals surface area (Å²) in [4.78, 5) is 14.3. The number of aromatic nitrogens is 2. The third kappa shape index (κ3) is 2.32. The van der Waals surface area contributed by atoms with Crippen LogP contribution in [-0.2, 0) is 0 Å². The lowest BCUT2D eigenvalue weighted by Gasteiger charge is -2.12. The van der Waals surface area contributed by atoms with E-state index in [0.29, 0.717) is 0 Å². The number of hydrogen-bond donors (Lipinski definition) is 5. The van der Waals surface area contributed by atoms with E-state index in [9.17, 15) is 4.79 Å². The second-order valence-electron chi connectivity index (χ2n) is 2.96. The zero-order chi connectivity index (χ0) is 12.3. The van der Waals surface area contributed by atoms with Crippen molar-refractivity contribution >= 4 is 11.5 Å². The van der Waals surface area contributed by atoms with Crippen LogP contribution in [0.4, 0.5) is 11.5 Å². The third-order valence-corrected chi connectivity index (χ3v) is 1.74. The van der Waals surface area contributed by atoms with Crippen LogP contribution in [0.3, 0.4) is 0 Å². The molecule has 1 unspecified atom stereocenters. The molecule has 7 N–H and O–H groups in total. The molecule has 0 aliphatic carbocycles. The molecular formula is C7H12N4O5. The summed E-state index contributed by atoms with van der Waals surface area (Å²) in [6.07, 6.45) is -1.13. The second kappa shape index (κ2) is 4.68. The van der Waals surface area contributed by atoms with Gasteiger partial charge in [-0.05, 0) is 0 Å². The Kier molecular flexibility index (Phi) is 3.53. The Morgan fingerprint density at radius 1 is 1.50 bits per heavy atom. The fourth-order valence-corrected chi connectivity index (χ4v) is 0.859. The van der Waals surface area contributed by atoms with Gasteiger partial charge in [-0.1, -0.05) is 0 Å². The number of aliphatic hydroxyl groups is 2. The first-order valence-electron chi connectivity index (χ1n) is 4.26. The van der Waals surface area contributed by atoms with Crippen molar-refractivity contribution in [3.05, 3.63) is 10.5 Å². The molecule has 16 heavy (non-hydrogen) atoms. The highest BCUT2D eigenvalue weighted by Crippen LogP contribution is 2.21. The van der Waals surface area contributed by atoms with Crippen LogP contribution >= 0.6 is 0 Å². The molecule has 1 atom stereocenters. The molecule has 90 valence electrons. The number of hydrogen-bond acceptors (Lipinski definition) is 8. The van der Waals surface area contributed by atoms with Gasteiger partial charge in [0.25, 0.3) is 0 Å². The topological polar surface area (TPSA) is 157 Å². The molecule has 0 radical (unpaired) electrons. The van der Waals surface area contributed by atoms with E-state index in [1.807, 2.05) is 0 Å². The summed E-state index contributed by atoms with van der Waals surface area (Å²) in [5, 5.41) is 26.5.